The Hall–Kier alpha value is -2.62. The van der Waals surface area contributed by atoms with Gasteiger partial charge in [-0.3, -0.25) is 0 Å². The summed E-state index contributed by atoms with van der Waals surface area (Å²) in [6, 6.07) is 20.9. The predicted octanol–water partition coefficient (Wildman–Crippen LogP) is 7.31. The summed E-state index contributed by atoms with van der Waals surface area (Å²) in [5.41, 5.74) is 5.93. The van der Waals surface area contributed by atoms with Gasteiger partial charge >= 0.3 is 0 Å². The molecule has 0 spiro atoms. The van der Waals surface area contributed by atoms with Crippen LogP contribution in [0.3, 0.4) is 0 Å². The van der Waals surface area contributed by atoms with Crippen molar-refractivity contribution in [2.75, 3.05) is 0 Å². The quantitative estimate of drug-likeness (QED) is 0.282. The van der Waals surface area contributed by atoms with Crippen molar-refractivity contribution in [3.63, 3.8) is 0 Å². The van der Waals surface area contributed by atoms with Crippen molar-refractivity contribution >= 4 is 57.7 Å². The molecule has 0 aliphatic carbocycles. The van der Waals surface area contributed by atoms with E-state index in [0.29, 0.717) is 5.02 Å². The second-order valence-electron chi connectivity index (χ2n) is 8.75. The molecular formula is C25H22ClNOSi. The second kappa shape index (κ2) is 6.44. The lowest BCUT2D eigenvalue weighted by Crippen LogP contribution is -2.38. The Bertz CT molecular complexity index is 1410. The Morgan fingerprint density at radius 2 is 1.66 bits per heavy atom. The zero-order valence-corrected chi connectivity index (χ0v) is 18.8. The predicted molar refractivity (Wildman–Crippen MR) is 127 cm³/mol. The van der Waals surface area contributed by atoms with Crippen LogP contribution < -0.4 is 5.19 Å². The molecule has 2 nitrogen and oxygen atoms in total. The van der Waals surface area contributed by atoms with E-state index in [-0.39, 0.29) is 0 Å². The standard InChI is InChI=1S/C25H22ClNOSi/c1-15-11-19-17-7-5-6-8-23(17)28-25(19)20(12-15)22-14-24(29(2,3)4)18-10-9-16(26)13-21(18)27-22/h5-14H,1-4H3. The highest BCUT2D eigenvalue weighted by Crippen LogP contribution is 2.36. The van der Waals surface area contributed by atoms with Gasteiger partial charge in [-0.1, -0.05) is 55.5 Å². The number of hydrogen-bond acceptors (Lipinski definition) is 2. The third-order valence-electron chi connectivity index (χ3n) is 5.48. The zero-order valence-electron chi connectivity index (χ0n) is 17.0. The Kier molecular flexibility index (Phi) is 4.09. The van der Waals surface area contributed by atoms with Gasteiger partial charge in [0.2, 0.25) is 0 Å². The Morgan fingerprint density at radius 1 is 0.862 bits per heavy atom. The maximum Gasteiger partial charge on any atom is 0.144 e. The first-order valence-corrected chi connectivity index (χ1v) is 13.7. The van der Waals surface area contributed by atoms with Crippen LogP contribution in [0.5, 0.6) is 0 Å². The molecule has 0 fully saturated rings. The number of nitrogens with zero attached hydrogens (tertiary/aromatic N) is 1. The summed E-state index contributed by atoms with van der Waals surface area (Å²) in [6.45, 7) is 9.23. The Labute approximate surface area is 176 Å². The fraction of sp³-hybridized carbons (Fsp3) is 0.160. The molecule has 144 valence electrons. The first-order chi connectivity index (χ1) is 13.8. The molecule has 0 radical (unpaired) electrons. The molecule has 0 aliphatic rings. The SMILES string of the molecule is Cc1cc(-c2cc([Si](C)(C)C)c3ccc(Cl)cc3n2)c2oc3ccccc3c2c1. The summed E-state index contributed by atoms with van der Waals surface area (Å²) in [7, 11) is -1.61. The number of furan rings is 1. The Morgan fingerprint density at radius 3 is 2.45 bits per heavy atom. The van der Waals surface area contributed by atoms with Crippen molar-refractivity contribution in [2.45, 2.75) is 26.6 Å². The van der Waals surface area contributed by atoms with Crippen LogP contribution >= 0.6 is 11.6 Å². The molecule has 0 N–H and O–H groups in total. The van der Waals surface area contributed by atoms with E-state index < -0.39 is 8.07 Å². The van der Waals surface area contributed by atoms with Crippen LogP contribution in [0.25, 0.3) is 44.1 Å². The third kappa shape index (κ3) is 3.05. The van der Waals surface area contributed by atoms with Gasteiger partial charge in [-0.25, -0.2) is 4.98 Å². The highest BCUT2D eigenvalue weighted by Gasteiger charge is 2.23. The molecule has 3 aromatic carbocycles. The summed E-state index contributed by atoms with van der Waals surface area (Å²) in [5, 5.41) is 5.58. The smallest absolute Gasteiger partial charge is 0.144 e. The van der Waals surface area contributed by atoms with Crippen molar-refractivity contribution in [1.82, 2.24) is 4.98 Å². The maximum atomic E-state index is 6.31. The second-order valence-corrected chi connectivity index (χ2v) is 14.2. The molecule has 29 heavy (non-hydrogen) atoms. The lowest BCUT2D eigenvalue weighted by Gasteiger charge is -2.20. The largest absolute Gasteiger partial charge is 0.455 e. The molecule has 0 aliphatic heterocycles. The summed E-state index contributed by atoms with van der Waals surface area (Å²) >= 11 is 6.31. The molecule has 4 heteroatoms. The van der Waals surface area contributed by atoms with Gasteiger partial charge < -0.3 is 4.42 Å². The minimum atomic E-state index is -1.61. The molecule has 0 saturated carbocycles. The molecule has 2 aromatic heterocycles. The fourth-order valence-corrected chi connectivity index (χ4v) is 5.88. The molecule has 0 saturated heterocycles. The average Bonchev–Trinajstić information content (AvgIpc) is 3.04. The van der Waals surface area contributed by atoms with Crippen LogP contribution in [0.2, 0.25) is 24.7 Å². The molecule has 0 unspecified atom stereocenters. The monoisotopic (exact) mass is 415 g/mol. The zero-order chi connectivity index (χ0) is 20.3. The van der Waals surface area contributed by atoms with E-state index in [0.717, 1.165) is 38.7 Å². The number of pyridine rings is 1. The van der Waals surface area contributed by atoms with Crippen molar-refractivity contribution in [2.24, 2.45) is 0 Å². The van der Waals surface area contributed by atoms with E-state index in [4.69, 9.17) is 21.0 Å². The van der Waals surface area contributed by atoms with Crippen LogP contribution in [0.15, 0.2) is 65.1 Å². The van der Waals surface area contributed by atoms with Crippen molar-refractivity contribution in [1.29, 1.82) is 0 Å². The molecule has 0 amide bonds. The van der Waals surface area contributed by atoms with E-state index in [1.165, 1.54) is 16.1 Å². The summed E-state index contributed by atoms with van der Waals surface area (Å²) in [5.74, 6) is 0. The van der Waals surface area contributed by atoms with Gasteiger partial charge in [0.1, 0.15) is 11.2 Å². The number of para-hydroxylation sites is 1. The minimum absolute atomic E-state index is 0.710. The van der Waals surface area contributed by atoms with E-state index >= 15 is 0 Å². The number of hydrogen-bond donors (Lipinski definition) is 0. The number of aryl methyl sites for hydroxylation is 1. The van der Waals surface area contributed by atoms with E-state index in [1.54, 1.807) is 0 Å². The fourth-order valence-electron chi connectivity index (χ4n) is 4.12. The molecule has 0 atom stereocenters. The average molecular weight is 416 g/mol. The molecule has 2 heterocycles. The van der Waals surface area contributed by atoms with Crippen LogP contribution in [-0.2, 0) is 0 Å². The van der Waals surface area contributed by atoms with E-state index in [9.17, 15) is 0 Å². The Balaban J connectivity index is 1.89. The van der Waals surface area contributed by atoms with Crippen molar-refractivity contribution < 1.29 is 4.42 Å². The molecular weight excluding hydrogens is 394 g/mol. The van der Waals surface area contributed by atoms with Gasteiger partial charge in [-0.05, 0) is 59.5 Å². The number of fused-ring (bicyclic) bond motifs is 4. The van der Waals surface area contributed by atoms with Gasteiger partial charge in [0.15, 0.2) is 0 Å². The number of aromatic nitrogens is 1. The van der Waals surface area contributed by atoms with Gasteiger partial charge in [-0.15, -0.1) is 0 Å². The van der Waals surface area contributed by atoms with E-state index in [2.05, 4.69) is 63.0 Å². The number of benzene rings is 3. The lowest BCUT2D eigenvalue weighted by atomic mass is 10.0. The van der Waals surface area contributed by atoms with Gasteiger partial charge in [-0.2, -0.15) is 0 Å². The normalized spacial score (nSPS) is 12.3. The molecule has 5 rings (SSSR count). The highest BCUT2D eigenvalue weighted by atomic mass is 35.5. The van der Waals surface area contributed by atoms with Crippen LogP contribution in [0.4, 0.5) is 0 Å². The van der Waals surface area contributed by atoms with Gasteiger partial charge in [0, 0.05) is 21.4 Å². The first kappa shape index (κ1) is 18.4. The summed E-state index contributed by atoms with van der Waals surface area (Å²) < 4.78 is 6.30. The van der Waals surface area contributed by atoms with Crippen LogP contribution in [-0.4, -0.2) is 13.1 Å². The molecule has 0 bridgehead atoms. The summed E-state index contributed by atoms with van der Waals surface area (Å²) in [6.07, 6.45) is 0. The lowest BCUT2D eigenvalue weighted by molar-refractivity contribution is 0.670. The van der Waals surface area contributed by atoms with Crippen LogP contribution in [0, 0.1) is 6.92 Å². The van der Waals surface area contributed by atoms with E-state index in [1.807, 2.05) is 24.3 Å². The highest BCUT2D eigenvalue weighted by molar-refractivity contribution is 6.90. The van der Waals surface area contributed by atoms with Crippen molar-refractivity contribution in [3.05, 3.63) is 71.2 Å². The number of rotatable bonds is 2. The number of halogens is 1. The topological polar surface area (TPSA) is 26.0 Å². The first-order valence-electron chi connectivity index (χ1n) is 9.84. The van der Waals surface area contributed by atoms with Gasteiger partial charge in [0.05, 0.1) is 19.3 Å². The summed E-state index contributed by atoms with van der Waals surface area (Å²) in [4.78, 5) is 5.02. The van der Waals surface area contributed by atoms with Crippen molar-refractivity contribution in [3.8, 4) is 11.3 Å². The molecule has 5 aromatic rings. The maximum absolute atomic E-state index is 6.31. The van der Waals surface area contributed by atoms with Crippen LogP contribution in [0.1, 0.15) is 5.56 Å². The third-order valence-corrected chi connectivity index (χ3v) is 7.74. The minimum Gasteiger partial charge on any atom is -0.455 e. The van der Waals surface area contributed by atoms with Gasteiger partial charge in [0.25, 0.3) is 0 Å².